The number of hydrogen-bond acceptors (Lipinski definition) is 5. The minimum absolute atomic E-state index is 0.00970. The van der Waals surface area contributed by atoms with Crippen LogP contribution in [0.1, 0.15) is 37.7 Å². The number of hydrogen-bond donors (Lipinski definition) is 2. The molecule has 0 radical (unpaired) electrons. The van der Waals surface area contributed by atoms with Crippen molar-refractivity contribution in [1.29, 1.82) is 0 Å². The van der Waals surface area contributed by atoms with E-state index >= 15 is 0 Å². The molecule has 2 heterocycles. The number of ether oxygens (including phenoxy) is 4. The quantitative estimate of drug-likeness (QED) is 0.375. The lowest BCUT2D eigenvalue weighted by molar-refractivity contribution is 0.0513. The first-order chi connectivity index (χ1) is 14.3. The SMILES string of the molecule is CN=C(NCCCOCC1CC1)NCC1(c2ccc3c(c2)OCO3)CCOCC1. The Labute approximate surface area is 173 Å². The molecule has 2 N–H and O–H groups in total. The second kappa shape index (κ2) is 9.67. The normalized spacial score (nSPS) is 20.5. The summed E-state index contributed by atoms with van der Waals surface area (Å²) in [6.45, 7) is 5.21. The summed E-state index contributed by atoms with van der Waals surface area (Å²) in [4.78, 5) is 4.39. The Morgan fingerprint density at radius 3 is 2.79 bits per heavy atom. The van der Waals surface area contributed by atoms with Crippen molar-refractivity contribution in [3.8, 4) is 11.5 Å². The lowest BCUT2D eigenvalue weighted by Crippen LogP contribution is -2.48. The van der Waals surface area contributed by atoms with Gasteiger partial charge in [-0.2, -0.15) is 0 Å². The molecule has 7 heteroatoms. The third kappa shape index (κ3) is 5.34. The van der Waals surface area contributed by atoms with Crippen LogP contribution in [0.4, 0.5) is 0 Å². The molecule has 0 spiro atoms. The molecule has 4 rings (SSSR count). The van der Waals surface area contributed by atoms with Gasteiger partial charge in [0.15, 0.2) is 17.5 Å². The van der Waals surface area contributed by atoms with Gasteiger partial charge in [0.25, 0.3) is 0 Å². The molecular weight excluding hydrogens is 370 g/mol. The van der Waals surface area contributed by atoms with E-state index in [0.29, 0.717) is 6.79 Å². The summed E-state index contributed by atoms with van der Waals surface area (Å²) in [6.07, 6.45) is 5.59. The van der Waals surface area contributed by atoms with Crippen LogP contribution in [-0.2, 0) is 14.9 Å². The maximum absolute atomic E-state index is 5.70. The first kappa shape index (κ1) is 20.3. The monoisotopic (exact) mass is 403 g/mol. The Kier molecular flexibility index (Phi) is 6.77. The molecule has 2 aliphatic heterocycles. The van der Waals surface area contributed by atoms with Gasteiger partial charge >= 0.3 is 0 Å². The van der Waals surface area contributed by atoms with E-state index in [2.05, 4.69) is 27.8 Å². The summed E-state index contributed by atoms with van der Waals surface area (Å²) in [5.41, 5.74) is 1.26. The van der Waals surface area contributed by atoms with Crippen LogP contribution < -0.4 is 20.1 Å². The van der Waals surface area contributed by atoms with E-state index in [1.807, 2.05) is 13.1 Å². The van der Waals surface area contributed by atoms with Gasteiger partial charge in [0, 0.05) is 52.0 Å². The molecule has 1 aromatic rings. The van der Waals surface area contributed by atoms with E-state index in [9.17, 15) is 0 Å². The molecular formula is C22H33N3O4. The van der Waals surface area contributed by atoms with E-state index < -0.39 is 0 Å². The van der Waals surface area contributed by atoms with Gasteiger partial charge < -0.3 is 29.6 Å². The second-order valence-corrected chi connectivity index (χ2v) is 8.19. The third-order valence-electron chi connectivity index (χ3n) is 6.06. The van der Waals surface area contributed by atoms with Gasteiger partial charge in [0.1, 0.15) is 0 Å². The van der Waals surface area contributed by atoms with E-state index in [-0.39, 0.29) is 5.41 Å². The molecule has 0 aromatic heterocycles. The molecule has 0 bridgehead atoms. The number of fused-ring (bicyclic) bond motifs is 1. The highest BCUT2D eigenvalue weighted by atomic mass is 16.7. The van der Waals surface area contributed by atoms with Crippen LogP contribution in [0.15, 0.2) is 23.2 Å². The fourth-order valence-corrected chi connectivity index (χ4v) is 3.95. The predicted molar refractivity (Wildman–Crippen MR) is 112 cm³/mol. The molecule has 29 heavy (non-hydrogen) atoms. The van der Waals surface area contributed by atoms with Gasteiger partial charge in [0.2, 0.25) is 6.79 Å². The van der Waals surface area contributed by atoms with Gasteiger partial charge in [0.05, 0.1) is 0 Å². The van der Waals surface area contributed by atoms with Crippen molar-refractivity contribution in [2.45, 2.75) is 37.5 Å². The van der Waals surface area contributed by atoms with E-state index in [1.54, 1.807) is 0 Å². The lowest BCUT2D eigenvalue weighted by atomic mass is 9.74. The molecule has 3 aliphatic rings. The highest BCUT2D eigenvalue weighted by Crippen LogP contribution is 2.40. The van der Waals surface area contributed by atoms with Gasteiger partial charge in [-0.3, -0.25) is 4.99 Å². The third-order valence-corrected chi connectivity index (χ3v) is 6.06. The number of rotatable bonds is 9. The molecule has 2 fully saturated rings. The zero-order valence-corrected chi connectivity index (χ0v) is 17.4. The van der Waals surface area contributed by atoms with Gasteiger partial charge in [-0.05, 0) is 55.7 Å². The standard InChI is InChI=1S/C22H33N3O4/c1-23-21(24-9-2-10-27-14-17-3-4-17)25-15-22(7-11-26-12-8-22)18-5-6-19-20(13-18)29-16-28-19/h5-6,13,17H,2-4,7-12,14-16H2,1H3,(H2,23,24,25). The zero-order valence-electron chi connectivity index (χ0n) is 17.4. The Morgan fingerprint density at radius 1 is 1.17 bits per heavy atom. The van der Waals surface area contributed by atoms with Crippen LogP contribution in [0.25, 0.3) is 0 Å². The Bertz CT molecular complexity index is 699. The van der Waals surface area contributed by atoms with Crippen molar-refractivity contribution in [1.82, 2.24) is 10.6 Å². The van der Waals surface area contributed by atoms with Gasteiger partial charge in [-0.1, -0.05) is 6.07 Å². The summed E-state index contributed by atoms with van der Waals surface area (Å²) < 4.78 is 22.4. The summed E-state index contributed by atoms with van der Waals surface area (Å²) >= 11 is 0. The number of nitrogens with zero attached hydrogens (tertiary/aromatic N) is 1. The first-order valence-electron chi connectivity index (χ1n) is 10.8. The maximum Gasteiger partial charge on any atom is 0.231 e. The number of aliphatic imine (C=N–C) groups is 1. The van der Waals surface area contributed by atoms with Crippen molar-refractivity contribution < 1.29 is 18.9 Å². The van der Waals surface area contributed by atoms with Crippen molar-refractivity contribution in [3.05, 3.63) is 23.8 Å². The summed E-state index contributed by atoms with van der Waals surface area (Å²) in [6, 6.07) is 6.31. The predicted octanol–water partition coefficient (Wildman–Crippen LogP) is 2.45. The van der Waals surface area contributed by atoms with Crippen LogP contribution in [0.2, 0.25) is 0 Å². The summed E-state index contributed by atoms with van der Waals surface area (Å²) in [7, 11) is 1.82. The average Bonchev–Trinajstić information content (AvgIpc) is 3.47. The minimum Gasteiger partial charge on any atom is -0.454 e. The molecule has 0 atom stereocenters. The number of benzene rings is 1. The summed E-state index contributed by atoms with van der Waals surface area (Å²) in [5.74, 6) is 3.32. The van der Waals surface area contributed by atoms with E-state index in [4.69, 9.17) is 18.9 Å². The van der Waals surface area contributed by atoms with Crippen LogP contribution in [-0.4, -0.2) is 59.3 Å². The van der Waals surface area contributed by atoms with Crippen LogP contribution in [0.5, 0.6) is 11.5 Å². The van der Waals surface area contributed by atoms with Crippen LogP contribution >= 0.6 is 0 Å². The van der Waals surface area contributed by atoms with E-state index in [1.165, 1.54) is 18.4 Å². The minimum atomic E-state index is -0.00970. The van der Waals surface area contributed by atoms with Crippen LogP contribution in [0.3, 0.4) is 0 Å². The van der Waals surface area contributed by atoms with E-state index in [0.717, 1.165) is 82.2 Å². The molecule has 1 saturated heterocycles. The fourth-order valence-electron chi connectivity index (χ4n) is 3.95. The highest BCUT2D eigenvalue weighted by Gasteiger charge is 2.35. The summed E-state index contributed by atoms with van der Waals surface area (Å²) in [5, 5.41) is 6.94. The molecule has 1 saturated carbocycles. The van der Waals surface area contributed by atoms with Crippen LogP contribution in [0, 0.1) is 5.92 Å². The first-order valence-corrected chi connectivity index (χ1v) is 10.8. The Balaban J connectivity index is 1.30. The smallest absolute Gasteiger partial charge is 0.231 e. The molecule has 1 aliphatic carbocycles. The highest BCUT2D eigenvalue weighted by molar-refractivity contribution is 5.79. The molecule has 1 aromatic carbocycles. The molecule has 0 amide bonds. The number of nitrogens with one attached hydrogen (secondary N) is 2. The van der Waals surface area contributed by atoms with Gasteiger partial charge in [-0.25, -0.2) is 0 Å². The van der Waals surface area contributed by atoms with Crippen molar-refractivity contribution in [2.24, 2.45) is 10.9 Å². The average molecular weight is 404 g/mol. The topological polar surface area (TPSA) is 73.3 Å². The zero-order chi connectivity index (χ0) is 19.9. The molecule has 7 nitrogen and oxygen atoms in total. The van der Waals surface area contributed by atoms with Gasteiger partial charge in [-0.15, -0.1) is 0 Å². The maximum atomic E-state index is 5.70. The number of guanidine groups is 1. The fraction of sp³-hybridized carbons (Fsp3) is 0.682. The Hall–Kier alpha value is -1.99. The lowest BCUT2D eigenvalue weighted by Gasteiger charge is -2.38. The Morgan fingerprint density at radius 2 is 2.00 bits per heavy atom. The van der Waals surface area contributed by atoms with Crippen molar-refractivity contribution >= 4 is 5.96 Å². The van der Waals surface area contributed by atoms with Crippen molar-refractivity contribution in [3.63, 3.8) is 0 Å². The van der Waals surface area contributed by atoms with Crippen molar-refractivity contribution in [2.75, 3.05) is 53.4 Å². The molecule has 160 valence electrons. The molecule has 0 unspecified atom stereocenters. The largest absolute Gasteiger partial charge is 0.454 e. The second-order valence-electron chi connectivity index (χ2n) is 8.19.